The molecule has 0 bridgehead atoms. The van der Waals surface area contributed by atoms with Crippen molar-refractivity contribution in [1.82, 2.24) is 47.9 Å². The predicted molar refractivity (Wildman–Crippen MR) is 521 cm³/mol. The van der Waals surface area contributed by atoms with Crippen LogP contribution in [0.4, 0.5) is 0 Å². The Hall–Kier alpha value is -14.3. The Morgan fingerprint density at radius 2 is 0.477 bits per heavy atom. The molecule has 0 aliphatic carbocycles. The number of carbonyl (C=O) groups is 28. The lowest BCUT2D eigenvalue weighted by molar-refractivity contribution is -0.143. The van der Waals surface area contributed by atoms with Crippen LogP contribution in [-0.2, 0) is 134 Å². The summed E-state index contributed by atoms with van der Waals surface area (Å²) in [4.78, 5) is 356. The van der Waals surface area contributed by atoms with Crippen molar-refractivity contribution in [1.29, 1.82) is 0 Å². The van der Waals surface area contributed by atoms with Crippen molar-refractivity contribution < 1.29 is 190 Å². The minimum atomic E-state index is -1.92. The van der Waals surface area contributed by atoms with Crippen LogP contribution in [0.5, 0.6) is 0 Å². The number of hydrogen-bond donors (Lipinski definition) is 24. The third-order valence-electron chi connectivity index (χ3n) is 24.1. The molecule has 0 rings (SSSR count). The fourth-order valence-corrected chi connectivity index (χ4v) is 15.1. The predicted octanol–water partition coefficient (Wildman–Crippen LogP) is -0.610. The highest BCUT2D eigenvalue weighted by Crippen LogP contribution is 2.27. The van der Waals surface area contributed by atoms with Gasteiger partial charge in [0.15, 0.2) is 40.5 Å². The summed E-state index contributed by atoms with van der Waals surface area (Å²) in [5.74, 6) is -36.4. The van der Waals surface area contributed by atoms with E-state index in [0.29, 0.717) is 58.2 Å². The summed E-state index contributed by atoms with van der Waals surface area (Å²) in [6.45, 7) is 6.96. The Bertz CT molecular complexity index is 4700. The number of ketones is 8. The monoisotopic (exact) mass is 2120 g/mol. The summed E-state index contributed by atoms with van der Waals surface area (Å²) in [6.07, 6.45) is -3.51. The molecule has 0 spiro atoms. The zero-order valence-corrected chi connectivity index (χ0v) is 84.4. The van der Waals surface area contributed by atoms with Crippen LogP contribution in [0.15, 0.2) is 0 Å². The van der Waals surface area contributed by atoms with Crippen LogP contribution in [0, 0.1) is 77.9 Å². The van der Waals surface area contributed by atoms with Crippen molar-refractivity contribution in [2.75, 3.05) is 26.7 Å². The summed E-state index contributed by atoms with van der Waals surface area (Å²) >= 11 is 0. The van der Waals surface area contributed by atoms with Crippen LogP contribution < -0.4 is 70.8 Å². The van der Waals surface area contributed by atoms with E-state index in [0.717, 1.165) is 0 Å². The highest BCUT2D eigenvalue weighted by atomic mass is 16.4. The molecule has 0 saturated heterocycles. The quantitative estimate of drug-likeness (QED) is 0.0267. The minimum Gasteiger partial charge on any atom is -0.481 e. The maximum absolute atomic E-state index is 14.1. The van der Waals surface area contributed by atoms with Gasteiger partial charge in [-0.2, -0.15) is 0 Å². The lowest BCUT2D eigenvalue weighted by atomic mass is 9.88. The molecule has 0 aromatic carbocycles. The Labute approximate surface area is 859 Å². The van der Waals surface area contributed by atoms with Gasteiger partial charge in [-0.15, -0.1) is 24.7 Å². The Morgan fingerprint density at radius 3 is 0.799 bits per heavy atom. The van der Waals surface area contributed by atoms with Gasteiger partial charge in [0.2, 0.25) is 53.2 Å². The van der Waals surface area contributed by atoms with Gasteiger partial charge in [-0.05, 0) is 142 Å². The van der Waals surface area contributed by atoms with Gasteiger partial charge >= 0.3 is 65.7 Å². The highest BCUT2D eigenvalue weighted by molar-refractivity contribution is 6.02. The molecule has 0 unspecified atom stereocenters. The number of nitrogens with two attached hydrogens (primary N) is 4. The van der Waals surface area contributed by atoms with Crippen LogP contribution in [0.25, 0.3) is 0 Å². The minimum absolute atomic E-state index is 0.118. The molecular weight excluding hydrogens is 1970 g/mol. The van der Waals surface area contributed by atoms with Gasteiger partial charge in [0.1, 0.15) is 11.8 Å². The molecule has 0 aliphatic rings. The fraction of sp³-hybridized carbons (Fsp3) is 0.670. The van der Waals surface area contributed by atoms with E-state index >= 15 is 0 Å². The third-order valence-corrected chi connectivity index (χ3v) is 24.1. The van der Waals surface area contributed by atoms with E-state index in [-0.39, 0.29) is 76.4 Å². The largest absolute Gasteiger partial charge is 0.481 e. The summed E-state index contributed by atoms with van der Waals surface area (Å²) in [5.41, 5.74) is 22.5. The van der Waals surface area contributed by atoms with Gasteiger partial charge < -0.3 is 127 Å². The molecule has 0 radical (unpaired) electrons. The van der Waals surface area contributed by atoms with Crippen molar-refractivity contribution in [3.63, 3.8) is 0 Å². The molecular formula is C97H147N13O39. The van der Waals surface area contributed by atoms with E-state index in [1.54, 1.807) is 6.92 Å². The Kier molecular flexibility index (Phi) is 69.2. The fourth-order valence-electron chi connectivity index (χ4n) is 15.1. The molecule has 52 nitrogen and oxygen atoms in total. The summed E-state index contributed by atoms with van der Waals surface area (Å²) in [7, 11) is 1.19. The van der Waals surface area contributed by atoms with Gasteiger partial charge in [0.05, 0.1) is 54.3 Å². The Balaban J connectivity index is 0. The van der Waals surface area contributed by atoms with E-state index in [1.807, 2.05) is 0 Å². The first-order valence-corrected chi connectivity index (χ1v) is 48.8. The molecule has 0 aromatic heterocycles. The van der Waals surface area contributed by atoms with Crippen LogP contribution >= 0.6 is 0 Å². The second-order valence-electron chi connectivity index (χ2n) is 36.5. The third kappa shape index (κ3) is 61.2. The second-order valence-corrected chi connectivity index (χ2v) is 36.5. The molecule has 0 saturated carbocycles. The number of hydrogen-bond acceptors (Lipinski definition) is 32. The number of unbranched alkanes of at least 4 members (excludes halogenated alkanes) is 3. The second kappa shape index (κ2) is 75.4. The van der Waals surface area contributed by atoms with Crippen molar-refractivity contribution in [3.8, 4) is 24.7 Å². The molecule has 18 atom stereocenters. The number of rotatable bonds is 86. The van der Waals surface area contributed by atoms with Gasteiger partial charge in [0.25, 0.3) is 0 Å². The van der Waals surface area contributed by atoms with Crippen molar-refractivity contribution in [2.45, 2.75) is 332 Å². The lowest BCUT2D eigenvalue weighted by Gasteiger charge is -2.26. The lowest BCUT2D eigenvalue weighted by Crippen LogP contribution is -2.50. The van der Waals surface area contributed by atoms with E-state index in [1.165, 1.54) is 27.8 Å². The number of aliphatic carboxylic acids is 11. The maximum atomic E-state index is 14.1. The highest BCUT2D eigenvalue weighted by Gasteiger charge is 2.41. The zero-order valence-electron chi connectivity index (χ0n) is 84.4. The number of terminal acetylenes is 2. The average Bonchev–Trinajstić information content (AvgIpc) is 0.854. The van der Waals surface area contributed by atoms with Gasteiger partial charge in [0, 0.05) is 183 Å². The van der Waals surface area contributed by atoms with Gasteiger partial charge in [-0.25, -0.2) is 4.79 Å². The smallest absolute Gasteiger partial charge is 0.326 e. The maximum Gasteiger partial charge on any atom is 0.326 e. The number of carbonyl (C=O) groups excluding carboxylic acids is 17. The standard InChI is InChI=1S/C50H72N6O27.C47H75N7O12/c1-52-46(79)24(2-11-37(61)62)20-33(57)29(7-16-42(71)72)53-47(80)25(3-12-38(63)64)21-34(58)30(8-17-43(73)74)54-48(81)26(4-13-39(65)66)22-35(59)31(9-18-44(75)76)55-49(82)27(5-14-40(67)68)23-36(60)32(10-19-45(77)78)56-50(83)28(51)6-15-41(69)70;1-7-15-33(28-41(58)36(18-10-13-23-49)52-43(61)30(4)25-38(55)29(3)20-21-42(59)60)45(63)51-32(6)39(56)27-34(17-9-12-22-48)46(64)53-35(16-8-2)40(57)26-31(5)44(62)54-37(47(65)66)19-11-14-24-50/h24-32H,2-23,51H2,1H3,(H,52,79)(H,53,80)(H,54,81)(H,55,82)(H,56,83)(H,61,62)(H,63,64)(H,65,66)(H,67,68)(H,69,70)(H,71,72)(H,73,74)(H,75,76)(H,77,78);1-2,29-37H,9-28,48-50H2,3-6H3,(H,51,63)(H,52,61)(H,53,64)(H,54,62)(H,59,60)(H,65,66)/t24-,25-,26-,27-,28+,29+,30+,31+,32+;29-,30+,31+,32-,33+,34+,35-,36-,37-/m10/s1. The van der Waals surface area contributed by atoms with Crippen molar-refractivity contribution >= 4 is 165 Å². The molecule has 834 valence electrons. The normalized spacial score (nSPS) is 14.5. The van der Waals surface area contributed by atoms with Crippen LogP contribution in [0.3, 0.4) is 0 Å². The molecule has 0 fully saturated rings. The van der Waals surface area contributed by atoms with Crippen LogP contribution in [-0.4, -0.2) is 302 Å². The molecule has 28 N–H and O–H groups in total. The van der Waals surface area contributed by atoms with E-state index < -0.39 is 408 Å². The van der Waals surface area contributed by atoms with Crippen molar-refractivity contribution in [3.05, 3.63) is 0 Å². The number of Topliss-reactive ketones (excluding diaryl/α,β-unsaturated/α-hetero) is 8. The molecule has 52 heteroatoms. The van der Waals surface area contributed by atoms with Gasteiger partial charge in [-0.1, -0.05) is 27.2 Å². The first-order chi connectivity index (χ1) is 69.8. The van der Waals surface area contributed by atoms with Crippen molar-refractivity contribution in [2.24, 2.45) is 76.2 Å². The molecule has 0 heterocycles. The first kappa shape index (κ1) is 137. The molecule has 0 aromatic rings. The number of carboxylic acid groups (broad SMARTS) is 11. The summed E-state index contributed by atoms with van der Waals surface area (Å²) < 4.78 is 0. The zero-order chi connectivity index (χ0) is 114. The first-order valence-electron chi connectivity index (χ1n) is 48.8. The summed E-state index contributed by atoms with van der Waals surface area (Å²) in [6, 6.07) is -13.4. The van der Waals surface area contributed by atoms with Crippen LogP contribution in [0.2, 0.25) is 0 Å². The Morgan fingerprint density at radius 1 is 0.235 bits per heavy atom. The molecule has 149 heavy (non-hydrogen) atoms. The SMILES string of the molecule is C#CC[C@H](CC(=O)[C@H](CCCCN)NC(=O)[C@H](C)CC(=O)[C@@H](C)CCC(=O)O)C(=O)N[C@@H](C)C(=O)C[C@@H](CCCCN)C(=O)N[C@@H](CC#C)C(=O)C[C@@H](C)C(=O)N[C@@H](CCCCN)C(=O)O.CNC(=O)[C@H](CCC(=O)O)CC(=O)[C@H](CCC(=O)O)NC(=O)[C@H](CCC(=O)O)CC(=O)[C@H](CCC(=O)O)NC(=O)[C@H](CCC(=O)O)CC(=O)[C@H](CCC(=O)O)NC(=O)[C@H](CCC(=O)O)CC(=O)[C@H](CCC(=O)O)NC(=O)[C@@H](N)CCC(=O)O. The number of amides is 9. The van der Waals surface area contributed by atoms with E-state index in [4.69, 9.17) is 51.1 Å². The number of carboxylic acids is 11. The van der Waals surface area contributed by atoms with Gasteiger partial charge in [-0.3, -0.25) is 129 Å². The molecule has 9 amide bonds. The van der Waals surface area contributed by atoms with Crippen LogP contribution in [0.1, 0.15) is 278 Å². The van der Waals surface area contributed by atoms with E-state index in [2.05, 4.69) is 59.7 Å². The number of nitrogens with one attached hydrogen (secondary N) is 9. The van der Waals surface area contributed by atoms with E-state index in [9.17, 15) is 175 Å². The summed E-state index contributed by atoms with van der Waals surface area (Å²) in [5, 5.41) is 124. The average molecular weight is 2120 g/mol. The topological polar surface area (TPSA) is 913 Å². The molecule has 0 aliphatic heterocycles.